The molecule has 1 aliphatic rings. The van der Waals surface area contributed by atoms with Crippen LogP contribution in [-0.4, -0.2) is 76.8 Å². The lowest BCUT2D eigenvalue weighted by Gasteiger charge is -2.20. The van der Waals surface area contributed by atoms with Crippen molar-refractivity contribution in [3.8, 4) is 23.5 Å². The second-order valence-electron chi connectivity index (χ2n) is 11.1. The van der Waals surface area contributed by atoms with Gasteiger partial charge in [0.15, 0.2) is 5.69 Å². The molecule has 1 unspecified atom stereocenters. The first-order valence-electron chi connectivity index (χ1n) is 13.1. The van der Waals surface area contributed by atoms with Crippen LogP contribution >= 0.6 is 0 Å². The van der Waals surface area contributed by atoms with Crippen molar-refractivity contribution in [1.82, 2.24) is 14.9 Å². The number of anilines is 2. The lowest BCUT2D eigenvalue weighted by atomic mass is 10.1. The van der Waals surface area contributed by atoms with Gasteiger partial charge >= 0.3 is 0 Å². The molecule has 39 heavy (non-hydrogen) atoms. The van der Waals surface area contributed by atoms with E-state index in [0.717, 1.165) is 26.1 Å². The van der Waals surface area contributed by atoms with Crippen LogP contribution in [0, 0.1) is 5.92 Å². The predicted molar refractivity (Wildman–Crippen MR) is 155 cm³/mol. The monoisotopic (exact) mass is 553 g/mol. The van der Waals surface area contributed by atoms with E-state index in [-0.39, 0.29) is 29.8 Å². The SMILES string of the molecule is COc1nc(N2CCC(CN(C)C)C2)nc(OC)c1NC(=O)Cc1ccc(Oc2cccc([Si](C)(C)C)c2)o1. The van der Waals surface area contributed by atoms with Gasteiger partial charge in [0.2, 0.25) is 23.6 Å². The van der Waals surface area contributed by atoms with E-state index in [9.17, 15) is 4.79 Å². The molecule has 1 aromatic carbocycles. The number of methoxy groups -OCH3 is 2. The Morgan fingerprint density at radius 1 is 1.13 bits per heavy atom. The van der Waals surface area contributed by atoms with Crippen LogP contribution < -0.4 is 29.6 Å². The number of aromatic nitrogens is 2. The summed E-state index contributed by atoms with van der Waals surface area (Å²) >= 11 is 0. The Kier molecular flexibility index (Phi) is 8.81. The van der Waals surface area contributed by atoms with Crippen LogP contribution in [0.3, 0.4) is 0 Å². The van der Waals surface area contributed by atoms with E-state index in [4.69, 9.17) is 18.6 Å². The summed E-state index contributed by atoms with van der Waals surface area (Å²) < 4.78 is 22.7. The third kappa shape index (κ3) is 7.30. The van der Waals surface area contributed by atoms with E-state index in [2.05, 4.69) is 64.9 Å². The van der Waals surface area contributed by atoms with E-state index in [1.54, 1.807) is 12.1 Å². The quantitative estimate of drug-likeness (QED) is 0.353. The molecule has 210 valence electrons. The number of nitrogens with one attached hydrogen (secondary N) is 1. The Balaban J connectivity index is 1.42. The third-order valence-electron chi connectivity index (χ3n) is 6.56. The summed E-state index contributed by atoms with van der Waals surface area (Å²) in [6.07, 6.45) is 1.05. The average Bonchev–Trinajstić information content (AvgIpc) is 3.52. The molecule has 1 amide bonds. The summed E-state index contributed by atoms with van der Waals surface area (Å²) in [5, 5.41) is 4.12. The lowest BCUT2D eigenvalue weighted by molar-refractivity contribution is -0.115. The molecule has 1 N–H and O–H groups in total. The minimum absolute atomic E-state index is 0.00922. The summed E-state index contributed by atoms with van der Waals surface area (Å²) in [4.78, 5) is 26.4. The molecule has 3 heterocycles. The van der Waals surface area contributed by atoms with Gasteiger partial charge in [0.05, 0.1) is 28.7 Å². The molecule has 3 aromatic rings. The summed E-state index contributed by atoms with van der Waals surface area (Å²) in [5.74, 6) is 2.71. The van der Waals surface area contributed by atoms with Crippen molar-refractivity contribution < 1.29 is 23.4 Å². The zero-order valence-corrected chi connectivity index (χ0v) is 24.9. The van der Waals surface area contributed by atoms with Gasteiger partial charge in [-0.25, -0.2) is 0 Å². The van der Waals surface area contributed by atoms with Crippen LogP contribution in [0.5, 0.6) is 23.5 Å². The Labute approximate surface area is 231 Å². The van der Waals surface area contributed by atoms with Gasteiger partial charge in [-0.3, -0.25) is 4.79 Å². The maximum Gasteiger partial charge on any atom is 0.290 e. The van der Waals surface area contributed by atoms with Crippen molar-refractivity contribution in [2.75, 3.05) is 58.2 Å². The van der Waals surface area contributed by atoms with Gasteiger partial charge in [-0.1, -0.05) is 37.0 Å². The Hall–Kier alpha value is -3.57. The van der Waals surface area contributed by atoms with Gasteiger partial charge in [0.1, 0.15) is 11.5 Å². The minimum Gasteiger partial charge on any atom is -0.479 e. The molecule has 1 atom stereocenters. The number of hydrogen-bond donors (Lipinski definition) is 1. The van der Waals surface area contributed by atoms with Gasteiger partial charge < -0.3 is 33.7 Å². The largest absolute Gasteiger partial charge is 0.479 e. The fourth-order valence-corrected chi connectivity index (χ4v) is 5.80. The molecule has 0 bridgehead atoms. The first-order chi connectivity index (χ1) is 18.5. The van der Waals surface area contributed by atoms with Crippen LogP contribution in [0.4, 0.5) is 11.6 Å². The smallest absolute Gasteiger partial charge is 0.290 e. The summed E-state index contributed by atoms with van der Waals surface area (Å²) in [5.41, 5.74) is 0.281. The fourth-order valence-electron chi connectivity index (χ4n) is 4.63. The van der Waals surface area contributed by atoms with Crippen molar-refractivity contribution in [2.45, 2.75) is 32.5 Å². The molecule has 1 fully saturated rings. The number of rotatable bonds is 11. The highest BCUT2D eigenvalue weighted by Crippen LogP contribution is 2.35. The number of benzene rings is 1. The number of nitrogens with zero attached hydrogens (tertiary/aromatic N) is 4. The average molecular weight is 554 g/mol. The second kappa shape index (κ2) is 12.1. The normalized spacial score (nSPS) is 15.5. The molecule has 0 saturated carbocycles. The third-order valence-corrected chi connectivity index (χ3v) is 8.61. The molecule has 0 aliphatic carbocycles. The zero-order valence-electron chi connectivity index (χ0n) is 23.9. The van der Waals surface area contributed by atoms with E-state index in [1.165, 1.54) is 19.4 Å². The molecule has 0 spiro atoms. The van der Waals surface area contributed by atoms with Gasteiger partial charge in [0.25, 0.3) is 5.95 Å². The van der Waals surface area contributed by atoms with Crippen LogP contribution in [0.1, 0.15) is 12.2 Å². The first kappa shape index (κ1) is 28.4. The highest BCUT2D eigenvalue weighted by Gasteiger charge is 2.28. The van der Waals surface area contributed by atoms with Crippen molar-refractivity contribution in [3.05, 3.63) is 42.2 Å². The van der Waals surface area contributed by atoms with Crippen molar-refractivity contribution in [3.63, 3.8) is 0 Å². The van der Waals surface area contributed by atoms with Gasteiger partial charge in [-0.15, -0.1) is 0 Å². The van der Waals surface area contributed by atoms with Crippen molar-refractivity contribution in [2.24, 2.45) is 5.92 Å². The van der Waals surface area contributed by atoms with Crippen LogP contribution in [-0.2, 0) is 11.2 Å². The Morgan fingerprint density at radius 2 is 1.85 bits per heavy atom. The van der Waals surface area contributed by atoms with E-state index >= 15 is 0 Å². The number of carbonyl (C=O) groups excluding carboxylic acids is 1. The van der Waals surface area contributed by atoms with Crippen LogP contribution in [0.2, 0.25) is 19.6 Å². The highest BCUT2D eigenvalue weighted by molar-refractivity contribution is 6.88. The van der Waals surface area contributed by atoms with Crippen molar-refractivity contribution in [1.29, 1.82) is 0 Å². The summed E-state index contributed by atoms with van der Waals surface area (Å²) in [7, 11) is 5.70. The van der Waals surface area contributed by atoms with Gasteiger partial charge in [-0.05, 0) is 44.6 Å². The number of ether oxygens (including phenoxy) is 3. The first-order valence-corrected chi connectivity index (χ1v) is 16.6. The molecule has 4 rings (SSSR count). The molecule has 10 nitrogen and oxygen atoms in total. The van der Waals surface area contributed by atoms with E-state index in [1.807, 2.05) is 18.2 Å². The van der Waals surface area contributed by atoms with Crippen LogP contribution in [0.25, 0.3) is 0 Å². The minimum atomic E-state index is -1.47. The molecule has 11 heteroatoms. The molecule has 2 aromatic heterocycles. The maximum absolute atomic E-state index is 12.9. The Morgan fingerprint density at radius 3 is 2.49 bits per heavy atom. The second-order valence-corrected chi connectivity index (χ2v) is 16.2. The molecule has 1 aliphatic heterocycles. The molecule has 0 radical (unpaired) electrons. The number of carbonyl (C=O) groups is 1. The zero-order chi connectivity index (χ0) is 28.2. The van der Waals surface area contributed by atoms with Crippen molar-refractivity contribution >= 4 is 30.8 Å². The van der Waals surface area contributed by atoms with E-state index in [0.29, 0.717) is 29.3 Å². The van der Waals surface area contributed by atoms with Crippen LogP contribution in [0.15, 0.2) is 40.8 Å². The number of hydrogen-bond acceptors (Lipinski definition) is 9. The maximum atomic E-state index is 12.9. The number of amides is 1. The molecular weight excluding hydrogens is 514 g/mol. The lowest BCUT2D eigenvalue weighted by Crippen LogP contribution is -2.37. The standard InChI is InChI=1S/C28H39N5O5Si/c1-32(2)17-19-13-14-33(18-19)28-30-26(35-3)25(27(31-28)36-4)29-23(34)16-21-11-12-24(38-21)37-20-9-8-10-22(15-20)39(5,6)7/h8-12,15,19H,13-14,16-18H2,1-7H3,(H,29,34). The van der Waals surface area contributed by atoms with E-state index < -0.39 is 8.07 Å². The predicted octanol–water partition coefficient (Wildman–Crippen LogP) is 3.99. The molecule has 1 saturated heterocycles. The Bertz CT molecular complexity index is 1260. The topological polar surface area (TPSA) is 102 Å². The fraction of sp³-hybridized carbons (Fsp3) is 0.464. The molecular formula is C28H39N5O5Si. The number of furan rings is 1. The highest BCUT2D eigenvalue weighted by atomic mass is 28.3. The summed E-state index contributed by atoms with van der Waals surface area (Å²) in [6, 6.07) is 11.5. The van der Waals surface area contributed by atoms with Gasteiger partial charge in [0, 0.05) is 25.7 Å². The summed E-state index contributed by atoms with van der Waals surface area (Å²) in [6.45, 7) is 9.55. The van der Waals surface area contributed by atoms with Gasteiger partial charge in [-0.2, -0.15) is 9.97 Å².